The molecule has 1 aliphatic rings. The minimum absolute atomic E-state index is 0.150. The van der Waals surface area contributed by atoms with Crippen LogP contribution in [0.25, 0.3) is 0 Å². The van der Waals surface area contributed by atoms with Crippen LogP contribution >= 0.6 is 0 Å². The van der Waals surface area contributed by atoms with Gasteiger partial charge in [-0.3, -0.25) is 9.59 Å². The number of hydrogen-bond donors (Lipinski definition) is 2. The molecule has 4 heteroatoms. The first-order valence-electron chi connectivity index (χ1n) is 4.30. The normalized spacial score (nSPS) is 18.9. The molecule has 0 saturated carbocycles. The summed E-state index contributed by atoms with van der Waals surface area (Å²) < 4.78 is 0. The Kier molecular flexibility index (Phi) is 1.96. The molecule has 0 spiro atoms. The average Bonchev–Trinajstić information content (AvgIpc) is 2.43. The lowest BCUT2D eigenvalue weighted by atomic mass is 9.97. The predicted molar refractivity (Wildman–Crippen MR) is 50.1 cm³/mol. The number of nitrogens with one attached hydrogen (secondary N) is 1. The van der Waals surface area contributed by atoms with Gasteiger partial charge in [0.05, 0.1) is 12.3 Å². The van der Waals surface area contributed by atoms with Gasteiger partial charge in [0.25, 0.3) is 0 Å². The first-order valence-corrected chi connectivity index (χ1v) is 4.30. The number of benzene rings is 1. The van der Waals surface area contributed by atoms with Crippen molar-refractivity contribution in [3.8, 4) is 0 Å². The lowest BCUT2D eigenvalue weighted by Crippen LogP contribution is -2.15. The van der Waals surface area contributed by atoms with Crippen LogP contribution < -0.4 is 5.32 Å². The van der Waals surface area contributed by atoms with Crippen LogP contribution in [0.4, 0.5) is 5.69 Å². The molecule has 0 fully saturated rings. The van der Waals surface area contributed by atoms with Gasteiger partial charge in [-0.2, -0.15) is 0 Å². The van der Waals surface area contributed by atoms with E-state index in [2.05, 4.69) is 5.32 Å². The Hall–Kier alpha value is -1.84. The Morgan fingerprint density at radius 2 is 2.14 bits per heavy atom. The van der Waals surface area contributed by atoms with Gasteiger partial charge >= 0.3 is 5.97 Å². The molecule has 1 amide bonds. The molecular formula is C10H9NO3. The van der Waals surface area contributed by atoms with Gasteiger partial charge in [-0.15, -0.1) is 0 Å². The second kappa shape index (κ2) is 3.14. The Bertz CT molecular complexity index is 400. The van der Waals surface area contributed by atoms with Crippen molar-refractivity contribution in [3.05, 3.63) is 29.8 Å². The fraction of sp³-hybridized carbons (Fsp3) is 0.200. The first-order chi connectivity index (χ1) is 6.68. The summed E-state index contributed by atoms with van der Waals surface area (Å²) in [7, 11) is 0. The van der Waals surface area contributed by atoms with Crippen LogP contribution in [0.3, 0.4) is 0 Å². The molecule has 72 valence electrons. The number of rotatable bonds is 2. The standard InChI is InChI=1S/C10H9NO3/c12-9(13)5-7-6-3-1-2-4-8(6)11-10(7)14/h1-4,7H,5H2,(H,11,14)(H,12,13)/t7-/m0/s1. The first kappa shape index (κ1) is 8.74. The number of fused-ring (bicyclic) bond motifs is 1. The fourth-order valence-electron chi connectivity index (χ4n) is 1.65. The third-order valence-electron chi connectivity index (χ3n) is 2.29. The number of amides is 1. The Morgan fingerprint density at radius 3 is 2.86 bits per heavy atom. The van der Waals surface area contributed by atoms with Crippen molar-refractivity contribution in [1.29, 1.82) is 0 Å². The molecule has 0 unspecified atom stereocenters. The summed E-state index contributed by atoms with van der Waals surface area (Å²) in [5.41, 5.74) is 1.50. The summed E-state index contributed by atoms with van der Waals surface area (Å²) >= 11 is 0. The van der Waals surface area contributed by atoms with Crippen molar-refractivity contribution in [2.75, 3.05) is 5.32 Å². The van der Waals surface area contributed by atoms with Gasteiger partial charge in [0.1, 0.15) is 0 Å². The van der Waals surface area contributed by atoms with Crippen molar-refractivity contribution in [2.45, 2.75) is 12.3 Å². The summed E-state index contributed by atoms with van der Waals surface area (Å²) in [6.45, 7) is 0. The molecule has 1 atom stereocenters. The van der Waals surface area contributed by atoms with Gasteiger partial charge in [0.15, 0.2) is 0 Å². The van der Waals surface area contributed by atoms with Crippen LogP contribution in [0.15, 0.2) is 24.3 Å². The molecule has 1 aromatic carbocycles. The van der Waals surface area contributed by atoms with Gasteiger partial charge in [-0.25, -0.2) is 0 Å². The summed E-state index contributed by atoms with van der Waals surface area (Å²) in [5, 5.41) is 11.3. The molecule has 0 saturated heterocycles. The van der Waals surface area contributed by atoms with E-state index in [4.69, 9.17) is 5.11 Å². The van der Waals surface area contributed by atoms with Crippen molar-refractivity contribution in [3.63, 3.8) is 0 Å². The Labute approximate surface area is 80.6 Å². The van der Waals surface area contributed by atoms with E-state index in [0.717, 1.165) is 11.3 Å². The van der Waals surface area contributed by atoms with Gasteiger partial charge in [0, 0.05) is 5.69 Å². The number of carboxylic acid groups (broad SMARTS) is 1. The van der Waals surface area contributed by atoms with Crippen molar-refractivity contribution >= 4 is 17.6 Å². The van der Waals surface area contributed by atoms with E-state index >= 15 is 0 Å². The average molecular weight is 191 g/mol. The molecule has 1 heterocycles. The van der Waals surface area contributed by atoms with E-state index < -0.39 is 11.9 Å². The lowest BCUT2D eigenvalue weighted by molar-refractivity contribution is -0.138. The Morgan fingerprint density at radius 1 is 1.43 bits per heavy atom. The molecule has 0 aliphatic carbocycles. The van der Waals surface area contributed by atoms with Gasteiger partial charge in [-0.1, -0.05) is 18.2 Å². The number of anilines is 1. The van der Waals surface area contributed by atoms with E-state index in [1.807, 2.05) is 6.07 Å². The highest BCUT2D eigenvalue weighted by atomic mass is 16.4. The Balaban J connectivity index is 2.34. The van der Waals surface area contributed by atoms with Crippen LogP contribution in [-0.4, -0.2) is 17.0 Å². The number of carbonyl (C=O) groups is 2. The maximum atomic E-state index is 11.4. The number of carboxylic acids is 1. The molecule has 2 rings (SSSR count). The summed E-state index contributed by atoms with van der Waals surface area (Å²) in [5.74, 6) is -1.72. The van der Waals surface area contributed by atoms with Crippen molar-refractivity contribution < 1.29 is 14.7 Å². The lowest BCUT2D eigenvalue weighted by Gasteiger charge is -2.03. The van der Waals surface area contributed by atoms with Gasteiger partial charge in [0.2, 0.25) is 5.91 Å². The van der Waals surface area contributed by atoms with E-state index in [1.54, 1.807) is 18.2 Å². The number of aliphatic carboxylic acids is 1. The fourth-order valence-corrected chi connectivity index (χ4v) is 1.65. The molecule has 0 aromatic heterocycles. The van der Waals surface area contributed by atoms with Gasteiger partial charge < -0.3 is 10.4 Å². The summed E-state index contributed by atoms with van der Waals surface area (Å²) in [4.78, 5) is 21.9. The zero-order valence-electron chi connectivity index (χ0n) is 7.36. The maximum Gasteiger partial charge on any atom is 0.304 e. The van der Waals surface area contributed by atoms with E-state index in [-0.39, 0.29) is 12.3 Å². The molecule has 0 bridgehead atoms. The SMILES string of the molecule is O=C(O)C[C@@H]1C(=O)Nc2ccccc21. The molecular weight excluding hydrogens is 182 g/mol. The molecule has 0 radical (unpaired) electrons. The molecule has 1 aromatic rings. The largest absolute Gasteiger partial charge is 0.481 e. The monoisotopic (exact) mass is 191 g/mol. The smallest absolute Gasteiger partial charge is 0.304 e. The van der Waals surface area contributed by atoms with Crippen LogP contribution in [0.2, 0.25) is 0 Å². The van der Waals surface area contributed by atoms with E-state index in [1.165, 1.54) is 0 Å². The van der Waals surface area contributed by atoms with E-state index in [9.17, 15) is 9.59 Å². The van der Waals surface area contributed by atoms with E-state index in [0.29, 0.717) is 0 Å². The second-order valence-corrected chi connectivity index (χ2v) is 3.23. The number of hydrogen-bond acceptors (Lipinski definition) is 2. The molecule has 14 heavy (non-hydrogen) atoms. The minimum atomic E-state index is -0.957. The highest BCUT2D eigenvalue weighted by molar-refractivity contribution is 6.04. The van der Waals surface area contributed by atoms with Crippen LogP contribution in [0.5, 0.6) is 0 Å². The number of carbonyl (C=O) groups excluding carboxylic acids is 1. The summed E-state index contributed by atoms with van der Waals surface area (Å²) in [6, 6.07) is 7.16. The second-order valence-electron chi connectivity index (χ2n) is 3.23. The van der Waals surface area contributed by atoms with Crippen molar-refractivity contribution in [1.82, 2.24) is 0 Å². The van der Waals surface area contributed by atoms with Crippen LogP contribution in [-0.2, 0) is 9.59 Å². The van der Waals surface area contributed by atoms with Crippen molar-refractivity contribution in [2.24, 2.45) is 0 Å². The highest BCUT2D eigenvalue weighted by Crippen LogP contribution is 2.33. The molecule has 1 aliphatic heterocycles. The van der Waals surface area contributed by atoms with Gasteiger partial charge in [-0.05, 0) is 11.6 Å². The zero-order valence-corrected chi connectivity index (χ0v) is 7.36. The third kappa shape index (κ3) is 1.35. The highest BCUT2D eigenvalue weighted by Gasteiger charge is 2.31. The maximum absolute atomic E-state index is 11.4. The predicted octanol–water partition coefficient (Wildman–Crippen LogP) is 1.20. The topological polar surface area (TPSA) is 66.4 Å². The molecule has 4 nitrogen and oxygen atoms in total. The van der Waals surface area contributed by atoms with Crippen LogP contribution in [0, 0.1) is 0 Å². The third-order valence-corrected chi connectivity index (χ3v) is 2.29. The minimum Gasteiger partial charge on any atom is -0.481 e. The zero-order chi connectivity index (χ0) is 10.1. The molecule has 2 N–H and O–H groups in total. The quantitative estimate of drug-likeness (QED) is 0.738. The summed E-state index contributed by atoms with van der Waals surface area (Å²) in [6.07, 6.45) is -0.150. The van der Waals surface area contributed by atoms with Crippen LogP contribution in [0.1, 0.15) is 17.9 Å². The number of para-hydroxylation sites is 1.